The SMILES string of the molecule is CC(=O)c1ccc(-c2ccnc3[nH]ccc23)cc1. The van der Waals surface area contributed by atoms with Crippen LogP contribution in [-0.2, 0) is 0 Å². The van der Waals surface area contributed by atoms with Crippen molar-refractivity contribution < 1.29 is 4.79 Å². The number of carbonyl (C=O) groups is 1. The fourth-order valence-corrected chi connectivity index (χ4v) is 2.10. The van der Waals surface area contributed by atoms with Crippen LogP contribution >= 0.6 is 0 Å². The van der Waals surface area contributed by atoms with Gasteiger partial charge in [-0.15, -0.1) is 0 Å². The molecule has 2 heterocycles. The number of nitrogens with one attached hydrogen (secondary N) is 1. The van der Waals surface area contributed by atoms with Crippen LogP contribution in [0.2, 0.25) is 0 Å². The highest BCUT2D eigenvalue weighted by molar-refractivity contribution is 5.96. The highest BCUT2D eigenvalue weighted by atomic mass is 16.1. The second kappa shape index (κ2) is 4.11. The molecule has 88 valence electrons. The number of fused-ring (bicyclic) bond motifs is 1. The van der Waals surface area contributed by atoms with E-state index in [1.54, 1.807) is 13.1 Å². The van der Waals surface area contributed by atoms with E-state index in [2.05, 4.69) is 9.97 Å². The first-order valence-electron chi connectivity index (χ1n) is 5.79. The minimum Gasteiger partial charge on any atom is -0.346 e. The Labute approximate surface area is 104 Å². The van der Waals surface area contributed by atoms with Crippen molar-refractivity contribution >= 4 is 16.8 Å². The van der Waals surface area contributed by atoms with E-state index in [1.807, 2.05) is 42.6 Å². The third-order valence-electron chi connectivity index (χ3n) is 3.06. The molecule has 2 aromatic heterocycles. The zero-order valence-electron chi connectivity index (χ0n) is 9.97. The molecule has 0 amide bonds. The van der Waals surface area contributed by atoms with Crippen LogP contribution in [0.5, 0.6) is 0 Å². The highest BCUT2D eigenvalue weighted by Crippen LogP contribution is 2.26. The van der Waals surface area contributed by atoms with Crippen LogP contribution in [-0.4, -0.2) is 15.8 Å². The van der Waals surface area contributed by atoms with Crippen molar-refractivity contribution in [3.63, 3.8) is 0 Å². The molecular weight excluding hydrogens is 224 g/mol. The molecule has 0 aliphatic rings. The van der Waals surface area contributed by atoms with E-state index in [9.17, 15) is 4.79 Å². The molecule has 0 fully saturated rings. The van der Waals surface area contributed by atoms with E-state index in [0.717, 1.165) is 27.7 Å². The number of rotatable bonds is 2. The molecular formula is C15H12N2O. The number of ketones is 1. The Morgan fingerprint density at radius 3 is 2.61 bits per heavy atom. The molecule has 0 saturated carbocycles. The molecule has 1 N–H and O–H groups in total. The largest absolute Gasteiger partial charge is 0.346 e. The third-order valence-corrected chi connectivity index (χ3v) is 3.06. The third kappa shape index (κ3) is 1.70. The van der Waals surface area contributed by atoms with Crippen LogP contribution in [0.1, 0.15) is 17.3 Å². The van der Waals surface area contributed by atoms with Gasteiger partial charge in [-0.05, 0) is 30.2 Å². The Hall–Kier alpha value is -2.42. The number of carbonyl (C=O) groups excluding carboxylic acids is 1. The molecule has 3 rings (SSSR count). The van der Waals surface area contributed by atoms with Crippen LogP contribution < -0.4 is 0 Å². The summed E-state index contributed by atoms with van der Waals surface area (Å²) in [5.41, 5.74) is 3.82. The van der Waals surface area contributed by atoms with Gasteiger partial charge in [-0.3, -0.25) is 4.79 Å². The van der Waals surface area contributed by atoms with E-state index in [4.69, 9.17) is 0 Å². The Kier molecular flexibility index (Phi) is 2.45. The molecule has 1 aromatic carbocycles. The number of aromatic amines is 1. The molecule has 0 radical (unpaired) electrons. The first-order valence-corrected chi connectivity index (χ1v) is 5.79. The van der Waals surface area contributed by atoms with Gasteiger partial charge in [0.25, 0.3) is 0 Å². The highest BCUT2D eigenvalue weighted by Gasteiger charge is 2.06. The van der Waals surface area contributed by atoms with Crippen molar-refractivity contribution in [3.05, 3.63) is 54.4 Å². The molecule has 3 aromatic rings. The summed E-state index contributed by atoms with van der Waals surface area (Å²) in [5, 5.41) is 1.09. The van der Waals surface area contributed by atoms with Gasteiger partial charge in [0, 0.05) is 23.3 Å². The summed E-state index contributed by atoms with van der Waals surface area (Å²) in [6.07, 6.45) is 3.66. The van der Waals surface area contributed by atoms with E-state index in [1.165, 1.54) is 0 Å². The molecule has 3 heteroatoms. The van der Waals surface area contributed by atoms with Gasteiger partial charge >= 0.3 is 0 Å². The van der Waals surface area contributed by atoms with Crippen LogP contribution in [0.15, 0.2) is 48.8 Å². The summed E-state index contributed by atoms with van der Waals surface area (Å²) in [5.74, 6) is 0.0862. The Bertz CT molecular complexity index is 711. The zero-order valence-corrected chi connectivity index (χ0v) is 9.97. The maximum Gasteiger partial charge on any atom is 0.159 e. The zero-order chi connectivity index (χ0) is 12.5. The van der Waals surface area contributed by atoms with Crippen LogP contribution in [0, 0.1) is 0 Å². The molecule has 0 bridgehead atoms. The average Bonchev–Trinajstić information content (AvgIpc) is 2.87. The van der Waals surface area contributed by atoms with Gasteiger partial charge in [-0.25, -0.2) is 4.98 Å². The summed E-state index contributed by atoms with van der Waals surface area (Å²) >= 11 is 0. The predicted molar refractivity (Wildman–Crippen MR) is 71.5 cm³/mol. The second-order valence-electron chi connectivity index (χ2n) is 4.23. The van der Waals surface area contributed by atoms with Gasteiger partial charge in [-0.1, -0.05) is 24.3 Å². The maximum absolute atomic E-state index is 11.2. The lowest BCUT2D eigenvalue weighted by Gasteiger charge is -2.04. The molecule has 3 nitrogen and oxygen atoms in total. The lowest BCUT2D eigenvalue weighted by atomic mass is 10.0. The van der Waals surface area contributed by atoms with Gasteiger partial charge in [0.05, 0.1) is 0 Å². The molecule has 0 atom stereocenters. The smallest absolute Gasteiger partial charge is 0.159 e. The van der Waals surface area contributed by atoms with Gasteiger partial charge < -0.3 is 4.98 Å². The number of H-pyrrole nitrogens is 1. The normalized spacial score (nSPS) is 10.7. The standard InChI is InChI=1S/C15H12N2O/c1-10(18)11-2-4-12(5-3-11)13-6-8-16-15-14(13)7-9-17-15/h2-9H,1H3,(H,16,17). The fourth-order valence-electron chi connectivity index (χ4n) is 2.10. The number of nitrogens with zero attached hydrogens (tertiary/aromatic N) is 1. The van der Waals surface area contributed by atoms with Gasteiger partial charge in [-0.2, -0.15) is 0 Å². The van der Waals surface area contributed by atoms with Gasteiger partial charge in [0.2, 0.25) is 0 Å². The summed E-state index contributed by atoms with van der Waals surface area (Å²) in [4.78, 5) is 18.6. The van der Waals surface area contributed by atoms with Crippen LogP contribution in [0.25, 0.3) is 22.2 Å². The van der Waals surface area contributed by atoms with E-state index < -0.39 is 0 Å². The lowest BCUT2D eigenvalue weighted by molar-refractivity contribution is 0.101. The van der Waals surface area contributed by atoms with Crippen LogP contribution in [0.3, 0.4) is 0 Å². The van der Waals surface area contributed by atoms with Crippen molar-refractivity contribution in [2.24, 2.45) is 0 Å². The first-order chi connectivity index (χ1) is 8.75. The predicted octanol–water partition coefficient (Wildman–Crippen LogP) is 3.43. The fraction of sp³-hybridized carbons (Fsp3) is 0.0667. The molecule has 0 spiro atoms. The number of hydrogen-bond donors (Lipinski definition) is 1. The molecule has 0 unspecified atom stereocenters. The number of benzene rings is 1. The monoisotopic (exact) mass is 236 g/mol. The Balaban J connectivity index is 2.14. The summed E-state index contributed by atoms with van der Waals surface area (Å²) in [6.45, 7) is 1.58. The topological polar surface area (TPSA) is 45.8 Å². The van der Waals surface area contributed by atoms with E-state index in [-0.39, 0.29) is 5.78 Å². The van der Waals surface area contributed by atoms with Gasteiger partial charge in [0.1, 0.15) is 5.65 Å². The second-order valence-corrected chi connectivity index (χ2v) is 4.23. The molecule has 0 saturated heterocycles. The minimum absolute atomic E-state index is 0.0862. The van der Waals surface area contributed by atoms with Crippen molar-refractivity contribution in [1.29, 1.82) is 0 Å². The number of Topliss-reactive ketones (excluding diaryl/α,β-unsaturated/α-hetero) is 1. The summed E-state index contributed by atoms with van der Waals surface area (Å²) in [7, 11) is 0. The number of hydrogen-bond acceptors (Lipinski definition) is 2. The van der Waals surface area contributed by atoms with E-state index in [0.29, 0.717) is 0 Å². The molecule has 0 aliphatic carbocycles. The summed E-state index contributed by atoms with van der Waals surface area (Å²) < 4.78 is 0. The number of pyridine rings is 1. The minimum atomic E-state index is 0.0862. The molecule has 0 aliphatic heterocycles. The van der Waals surface area contributed by atoms with Crippen molar-refractivity contribution in [2.75, 3.05) is 0 Å². The number of aromatic nitrogens is 2. The quantitative estimate of drug-likeness (QED) is 0.693. The van der Waals surface area contributed by atoms with Crippen molar-refractivity contribution in [1.82, 2.24) is 9.97 Å². The Morgan fingerprint density at radius 1 is 1.11 bits per heavy atom. The van der Waals surface area contributed by atoms with Crippen molar-refractivity contribution in [3.8, 4) is 11.1 Å². The van der Waals surface area contributed by atoms with Crippen molar-refractivity contribution in [2.45, 2.75) is 6.92 Å². The summed E-state index contributed by atoms with van der Waals surface area (Å²) in [6, 6.07) is 11.7. The Morgan fingerprint density at radius 2 is 1.89 bits per heavy atom. The van der Waals surface area contributed by atoms with Gasteiger partial charge in [0.15, 0.2) is 5.78 Å². The molecule has 18 heavy (non-hydrogen) atoms. The average molecular weight is 236 g/mol. The van der Waals surface area contributed by atoms with E-state index >= 15 is 0 Å². The maximum atomic E-state index is 11.2. The van der Waals surface area contributed by atoms with Crippen LogP contribution in [0.4, 0.5) is 0 Å². The lowest BCUT2D eigenvalue weighted by Crippen LogP contribution is -1.91. The first kappa shape index (κ1) is 10.7.